The van der Waals surface area contributed by atoms with E-state index in [-0.39, 0.29) is 17.6 Å². The van der Waals surface area contributed by atoms with Crippen molar-refractivity contribution in [1.29, 1.82) is 0 Å². The summed E-state index contributed by atoms with van der Waals surface area (Å²) in [6.07, 6.45) is -0.621. The zero-order chi connectivity index (χ0) is 21.7. The average Bonchev–Trinajstić information content (AvgIpc) is 3.11. The van der Waals surface area contributed by atoms with Crippen LogP contribution in [0.4, 0.5) is 20.6 Å². The van der Waals surface area contributed by atoms with Gasteiger partial charge >= 0.3 is 6.09 Å². The van der Waals surface area contributed by atoms with Crippen LogP contribution in [0.1, 0.15) is 6.42 Å². The van der Waals surface area contributed by atoms with Gasteiger partial charge in [0, 0.05) is 33.3 Å². The van der Waals surface area contributed by atoms with E-state index in [1.54, 1.807) is 24.1 Å². The Hall–Kier alpha value is -2.66. The number of ether oxygens (including phenoxy) is 2. The highest BCUT2D eigenvalue weighted by Gasteiger charge is 2.33. The summed E-state index contributed by atoms with van der Waals surface area (Å²) in [5.41, 5.74) is 6.26. The first-order valence-corrected chi connectivity index (χ1v) is 10.1. The third-order valence-corrected chi connectivity index (χ3v) is 5.26. The summed E-state index contributed by atoms with van der Waals surface area (Å²) < 4.78 is 25.0. The minimum absolute atomic E-state index is 0.0410. The van der Waals surface area contributed by atoms with Gasteiger partial charge in [0.15, 0.2) is 5.11 Å². The second kappa shape index (κ2) is 9.90. The van der Waals surface area contributed by atoms with E-state index in [4.69, 9.17) is 27.4 Å². The molecule has 2 fully saturated rings. The molecule has 0 aliphatic carbocycles. The van der Waals surface area contributed by atoms with Crippen molar-refractivity contribution in [3.63, 3.8) is 0 Å². The molecule has 0 spiro atoms. The summed E-state index contributed by atoms with van der Waals surface area (Å²) in [6.45, 7) is 3.09. The van der Waals surface area contributed by atoms with Gasteiger partial charge in [0.1, 0.15) is 11.9 Å². The number of benzene rings is 1. The third-order valence-electron chi connectivity index (χ3n) is 5.11. The first-order chi connectivity index (χ1) is 14.4. The van der Waals surface area contributed by atoms with Crippen LogP contribution >= 0.6 is 12.2 Å². The van der Waals surface area contributed by atoms with E-state index >= 15 is 0 Å². The molecule has 2 heterocycles. The Kier molecular flexibility index (Phi) is 7.27. The van der Waals surface area contributed by atoms with Gasteiger partial charge < -0.3 is 30.3 Å². The highest BCUT2D eigenvalue weighted by atomic mass is 32.1. The molecule has 1 aromatic rings. The summed E-state index contributed by atoms with van der Waals surface area (Å²) >= 11 is 4.75. The number of hydrogen-bond donors (Lipinski definition) is 2. The predicted octanol–water partition coefficient (Wildman–Crippen LogP) is 0.669. The van der Waals surface area contributed by atoms with Gasteiger partial charge in [-0.1, -0.05) is 0 Å². The molecule has 1 atom stereocenters. The Morgan fingerprint density at radius 2 is 2.10 bits per heavy atom. The fourth-order valence-corrected chi connectivity index (χ4v) is 3.60. The van der Waals surface area contributed by atoms with Crippen LogP contribution in [0.5, 0.6) is 0 Å². The molecule has 0 bridgehead atoms. The molecule has 164 valence electrons. The molecule has 3 rings (SSSR count). The zero-order valence-corrected chi connectivity index (χ0v) is 17.6. The van der Waals surface area contributed by atoms with Crippen LogP contribution in [0.25, 0.3) is 0 Å². The minimum Gasteiger partial charge on any atom is -0.442 e. The number of hydrogen-bond acceptors (Lipinski definition) is 6. The van der Waals surface area contributed by atoms with Crippen molar-refractivity contribution in [2.75, 3.05) is 62.8 Å². The number of nitrogens with zero attached hydrogens (tertiary/aromatic N) is 3. The van der Waals surface area contributed by atoms with Crippen molar-refractivity contribution in [1.82, 2.24) is 10.2 Å². The molecular formula is C19H26FN5O4S. The number of thiocarbonyl (C=S) groups is 1. The monoisotopic (exact) mass is 439 g/mol. The van der Waals surface area contributed by atoms with Crippen molar-refractivity contribution < 1.29 is 23.5 Å². The summed E-state index contributed by atoms with van der Waals surface area (Å²) in [7, 11) is 1.56. The maximum Gasteiger partial charge on any atom is 0.414 e. The first-order valence-electron chi connectivity index (χ1n) is 9.71. The van der Waals surface area contributed by atoms with Crippen LogP contribution in [0, 0.1) is 5.82 Å². The van der Waals surface area contributed by atoms with Gasteiger partial charge in [-0.2, -0.15) is 0 Å². The van der Waals surface area contributed by atoms with Crippen LogP contribution < -0.4 is 20.9 Å². The molecule has 0 radical (unpaired) electrons. The quantitative estimate of drug-likeness (QED) is 0.598. The van der Waals surface area contributed by atoms with Crippen LogP contribution in [0.3, 0.4) is 0 Å². The van der Waals surface area contributed by atoms with E-state index in [1.807, 2.05) is 4.90 Å². The lowest BCUT2D eigenvalue weighted by atomic mass is 10.2. The van der Waals surface area contributed by atoms with Gasteiger partial charge in [0.2, 0.25) is 5.91 Å². The van der Waals surface area contributed by atoms with Gasteiger partial charge in [-0.05, 0) is 30.4 Å². The number of piperazine rings is 1. The number of methoxy groups -OCH3 is 1. The Balaban J connectivity index is 1.59. The molecular weight excluding hydrogens is 413 g/mol. The maximum absolute atomic E-state index is 14.8. The second-order valence-corrected chi connectivity index (χ2v) is 7.55. The predicted molar refractivity (Wildman–Crippen MR) is 114 cm³/mol. The fourth-order valence-electron chi connectivity index (χ4n) is 3.52. The lowest BCUT2D eigenvalue weighted by molar-refractivity contribution is -0.132. The summed E-state index contributed by atoms with van der Waals surface area (Å²) in [6, 6.07) is 4.68. The molecule has 11 heteroatoms. The molecule has 2 aliphatic rings. The molecule has 30 heavy (non-hydrogen) atoms. The van der Waals surface area contributed by atoms with E-state index in [1.165, 1.54) is 11.0 Å². The van der Waals surface area contributed by atoms with Crippen molar-refractivity contribution in [3.05, 3.63) is 24.0 Å². The molecule has 0 saturated carbocycles. The van der Waals surface area contributed by atoms with E-state index in [0.717, 1.165) is 0 Å². The van der Waals surface area contributed by atoms with E-state index < -0.39 is 18.0 Å². The van der Waals surface area contributed by atoms with E-state index in [0.29, 0.717) is 57.1 Å². The Labute approximate surface area is 179 Å². The largest absolute Gasteiger partial charge is 0.442 e. The SMILES string of the molecule is COCCC(=O)N1CCN(c2ccc(N3CC(CNC(N)=S)OC3=O)cc2F)CC1. The number of carbonyl (C=O) groups is 2. The standard InChI is InChI=1S/C19H26FN5O4S/c1-28-9-4-17(26)24-7-5-23(6-8-24)16-3-2-13(10-15(16)20)25-12-14(29-19(25)27)11-22-18(21)30/h2-3,10,14H,4-9,11-12H2,1H3,(H3,21,22,30). The number of cyclic esters (lactones) is 1. The molecule has 2 saturated heterocycles. The van der Waals surface area contributed by atoms with Crippen molar-refractivity contribution in [2.24, 2.45) is 5.73 Å². The minimum atomic E-state index is -0.542. The number of nitrogens with two attached hydrogens (primary N) is 1. The number of anilines is 2. The number of amides is 2. The van der Waals surface area contributed by atoms with Gasteiger partial charge in [-0.15, -0.1) is 0 Å². The average molecular weight is 440 g/mol. The van der Waals surface area contributed by atoms with E-state index in [9.17, 15) is 14.0 Å². The molecule has 2 aliphatic heterocycles. The molecule has 3 N–H and O–H groups in total. The number of carbonyl (C=O) groups excluding carboxylic acids is 2. The molecule has 2 amide bonds. The third kappa shape index (κ3) is 5.28. The van der Waals surface area contributed by atoms with E-state index in [2.05, 4.69) is 5.32 Å². The van der Waals surface area contributed by atoms with Gasteiger partial charge in [0.25, 0.3) is 0 Å². The molecule has 9 nitrogen and oxygen atoms in total. The fraction of sp³-hybridized carbons (Fsp3) is 0.526. The Morgan fingerprint density at radius 3 is 2.73 bits per heavy atom. The Morgan fingerprint density at radius 1 is 1.37 bits per heavy atom. The van der Waals surface area contributed by atoms with Crippen LogP contribution in [0.2, 0.25) is 0 Å². The van der Waals surface area contributed by atoms with Gasteiger partial charge in [-0.25, -0.2) is 9.18 Å². The topological polar surface area (TPSA) is 100 Å². The molecule has 1 aromatic carbocycles. The highest BCUT2D eigenvalue weighted by Crippen LogP contribution is 2.28. The lowest BCUT2D eigenvalue weighted by Gasteiger charge is -2.36. The van der Waals surface area contributed by atoms with Gasteiger partial charge in [-0.3, -0.25) is 9.69 Å². The van der Waals surface area contributed by atoms with Crippen molar-refractivity contribution in [3.8, 4) is 0 Å². The zero-order valence-electron chi connectivity index (χ0n) is 16.8. The van der Waals surface area contributed by atoms with Crippen molar-refractivity contribution in [2.45, 2.75) is 12.5 Å². The number of rotatable bonds is 7. The first kappa shape index (κ1) is 22.0. The second-order valence-electron chi connectivity index (χ2n) is 7.11. The molecule has 0 aromatic heterocycles. The van der Waals surface area contributed by atoms with Gasteiger partial charge in [0.05, 0.1) is 37.5 Å². The summed E-state index contributed by atoms with van der Waals surface area (Å²) in [5, 5.41) is 2.88. The maximum atomic E-state index is 14.8. The lowest BCUT2D eigenvalue weighted by Crippen LogP contribution is -2.49. The van der Waals surface area contributed by atoms with Crippen molar-refractivity contribution >= 4 is 40.7 Å². The van der Waals surface area contributed by atoms with Crippen LogP contribution in [0.15, 0.2) is 18.2 Å². The Bertz CT molecular complexity index is 803. The van der Waals surface area contributed by atoms with Crippen LogP contribution in [-0.2, 0) is 14.3 Å². The summed E-state index contributed by atoms with van der Waals surface area (Å²) in [5.74, 6) is -0.386. The number of halogens is 1. The summed E-state index contributed by atoms with van der Waals surface area (Å²) in [4.78, 5) is 29.3. The van der Waals surface area contributed by atoms with Crippen LogP contribution in [-0.4, -0.2) is 81.1 Å². The molecule has 1 unspecified atom stereocenters. The smallest absolute Gasteiger partial charge is 0.414 e. The normalized spacial score (nSPS) is 19.1. The number of nitrogens with one attached hydrogen (secondary N) is 1. The highest BCUT2D eigenvalue weighted by molar-refractivity contribution is 7.80.